The number of benzene rings is 1. The summed E-state index contributed by atoms with van der Waals surface area (Å²) in [6, 6.07) is 6.18. The van der Waals surface area contributed by atoms with Crippen molar-refractivity contribution in [2.45, 2.75) is 38.5 Å². The van der Waals surface area contributed by atoms with Crippen LogP contribution in [-0.2, 0) is 4.79 Å². The summed E-state index contributed by atoms with van der Waals surface area (Å²) in [5, 5.41) is 3.12. The van der Waals surface area contributed by atoms with Crippen LogP contribution in [0.4, 0.5) is 4.39 Å². The highest BCUT2D eigenvalue weighted by atomic mass is 19.1. The fourth-order valence-electron chi connectivity index (χ4n) is 5.59. The van der Waals surface area contributed by atoms with Crippen molar-refractivity contribution in [3.05, 3.63) is 41.7 Å². The fraction of sp³-hybridized carbons (Fsp3) is 0.550. The average molecular weight is 313 g/mol. The van der Waals surface area contributed by atoms with E-state index in [1.54, 1.807) is 24.3 Å². The van der Waals surface area contributed by atoms with E-state index in [0.717, 1.165) is 29.9 Å². The molecule has 0 aliphatic heterocycles. The molecule has 2 nitrogen and oxygen atoms in total. The van der Waals surface area contributed by atoms with Crippen molar-refractivity contribution in [3.63, 3.8) is 0 Å². The van der Waals surface area contributed by atoms with Gasteiger partial charge < -0.3 is 5.32 Å². The van der Waals surface area contributed by atoms with Crippen LogP contribution in [0.15, 0.2) is 30.3 Å². The molecular formula is C20H24FNO. The maximum absolute atomic E-state index is 12.9. The zero-order valence-corrected chi connectivity index (χ0v) is 13.4. The molecule has 0 radical (unpaired) electrons. The Morgan fingerprint density at radius 1 is 1.09 bits per heavy atom. The van der Waals surface area contributed by atoms with E-state index < -0.39 is 0 Å². The van der Waals surface area contributed by atoms with Gasteiger partial charge in [-0.3, -0.25) is 4.79 Å². The van der Waals surface area contributed by atoms with Crippen molar-refractivity contribution in [1.29, 1.82) is 0 Å². The van der Waals surface area contributed by atoms with Crippen molar-refractivity contribution >= 4 is 12.0 Å². The topological polar surface area (TPSA) is 29.1 Å². The Labute approximate surface area is 137 Å². The second-order valence-electron chi connectivity index (χ2n) is 8.02. The third kappa shape index (κ3) is 3.19. The highest BCUT2D eigenvalue weighted by Gasteiger charge is 2.50. The van der Waals surface area contributed by atoms with Crippen LogP contribution >= 0.6 is 0 Å². The summed E-state index contributed by atoms with van der Waals surface area (Å²) in [7, 11) is 0. The van der Waals surface area contributed by atoms with Gasteiger partial charge in [-0.2, -0.15) is 0 Å². The maximum atomic E-state index is 12.9. The summed E-state index contributed by atoms with van der Waals surface area (Å²) >= 11 is 0. The third-order valence-electron chi connectivity index (χ3n) is 6.10. The lowest BCUT2D eigenvalue weighted by Gasteiger charge is -2.56. The van der Waals surface area contributed by atoms with E-state index >= 15 is 0 Å². The van der Waals surface area contributed by atoms with Gasteiger partial charge in [0.25, 0.3) is 0 Å². The Hall–Kier alpha value is -1.64. The van der Waals surface area contributed by atoms with E-state index in [-0.39, 0.29) is 11.7 Å². The molecule has 122 valence electrons. The second-order valence-corrected chi connectivity index (χ2v) is 8.02. The molecule has 1 aromatic rings. The SMILES string of the molecule is O=C(C=Cc1ccc(F)cc1)NCC12CC3CC(CC(C3)C1)C2. The summed E-state index contributed by atoms with van der Waals surface area (Å²) in [6.45, 7) is 0.823. The van der Waals surface area contributed by atoms with Crippen molar-refractivity contribution in [1.82, 2.24) is 5.32 Å². The van der Waals surface area contributed by atoms with Crippen molar-refractivity contribution < 1.29 is 9.18 Å². The summed E-state index contributed by atoms with van der Waals surface area (Å²) in [6.07, 6.45) is 11.5. The predicted octanol–water partition coefficient (Wildman–Crippen LogP) is 4.17. The minimum Gasteiger partial charge on any atom is -0.352 e. The molecule has 0 unspecified atom stereocenters. The molecule has 0 spiro atoms. The number of nitrogens with one attached hydrogen (secondary N) is 1. The molecule has 4 bridgehead atoms. The van der Waals surface area contributed by atoms with Crippen molar-refractivity contribution in [2.24, 2.45) is 23.2 Å². The Morgan fingerprint density at radius 3 is 2.22 bits per heavy atom. The molecule has 0 atom stereocenters. The van der Waals surface area contributed by atoms with Crippen LogP contribution in [0.25, 0.3) is 6.08 Å². The average Bonchev–Trinajstić information content (AvgIpc) is 2.51. The molecule has 4 aliphatic rings. The molecule has 23 heavy (non-hydrogen) atoms. The molecule has 0 saturated heterocycles. The Balaban J connectivity index is 1.34. The Bertz CT molecular complexity index is 584. The largest absolute Gasteiger partial charge is 0.352 e. The Morgan fingerprint density at radius 2 is 1.65 bits per heavy atom. The molecule has 0 heterocycles. The standard InChI is InChI=1S/C20H24FNO/c21-18-4-1-14(2-5-18)3-6-19(23)22-13-20-10-15-7-16(11-20)9-17(8-15)12-20/h1-6,15-17H,7-13H2,(H,22,23). The van der Waals surface area contributed by atoms with E-state index in [4.69, 9.17) is 0 Å². The van der Waals surface area contributed by atoms with E-state index in [1.165, 1.54) is 50.7 Å². The quantitative estimate of drug-likeness (QED) is 0.831. The molecule has 4 saturated carbocycles. The van der Waals surface area contributed by atoms with Gasteiger partial charge in [-0.05, 0) is 85.5 Å². The summed E-state index contributed by atoms with van der Waals surface area (Å²) < 4.78 is 12.9. The molecule has 1 aromatic carbocycles. The third-order valence-corrected chi connectivity index (χ3v) is 6.10. The molecule has 1 amide bonds. The molecule has 4 fully saturated rings. The van der Waals surface area contributed by atoms with Gasteiger partial charge in [-0.25, -0.2) is 4.39 Å². The monoisotopic (exact) mass is 313 g/mol. The van der Waals surface area contributed by atoms with Crippen LogP contribution in [0.5, 0.6) is 0 Å². The lowest BCUT2D eigenvalue weighted by Crippen LogP contribution is -2.51. The van der Waals surface area contributed by atoms with Gasteiger partial charge in [0.1, 0.15) is 5.82 Å². The highest BCUT2D eigenvalue weighted by molar-refractivity contribution is 5.91. The fourth-order valence-corrected chi connectivity index (χ4v) is 5.59. The number of hydrogen-bond donors (Lipinski definition) is 1. The van der Waals surface area contributed by atoms with Gasteiger partial charge in [-0.15, -0.1) is 0 Å². The van der Waals surface area contributed by atoms with Gasteiger partial charge in [0.15, 0.2) is 0 Å². The van der Waals surface area contributed by atoms with Crippen LogP contribution in [0.3, 0.4) is 0 Å². The number of carbonyl (C=O) groups is 1. The van der Waals surface area contributed by atoms with E-state index in [1.807, 2.05) is 0 Å². The van der Waals surface area contributed by atoms with Crippen molar-refractivity contribution in [3.8, 4) is 0 Å². The van der Waals surface area contributed by atoms with E-state index in [2.05, 4.69) is 5.32 Å². The number of amides is 1. The summed E-state index contributed by atoms with van der Waals surface area (Å²) in [5.74, 6) is 2.44. The lowest BCUT2D eigenvalue weighted by molar-refractivity contribution is -0.118. The first-order valence-electron chi connectivity index (χ1n) is 8.82. The summed E-state index contributed by atoms with van der Waals surface area (Å²) in [5.41, 5.74) is 1.21. The molecule has 4 aliphatic carbocycles. The zero-order chi connectivity index (χ0) is 15.9. The van der Waals surface area contributed by atoms with Crippen LogP contribution in [0.2, 0.25) is 0 Å². The highest BCUT2D eigenvalue weighted by Crippen LogP contribution is 2.59. The maximum Gasteiger partial charge on any atom is 0.244 e. The van der Waals surface area contributed by atoms with Crippen molar-refractivity contribution in [2.75, 3.05) is 6.54 Å². The minimum absolute atomic E-state index is 0.0370. The second kappa shape index (κ2) is 5.77. The number of rotatable bonds is 4. The van der Waals surface area contributed by atoms with Gasteiger partial charge in [0.2, 0.25) is 5.91 Å². The number of halogens is 1. The smallest absolute Gasteiger partial charge is 0.244 e. The first-order chi connectivity index (χ1) is 11.1. The van der Waals surface area contributed by atoms with Gasteiger partial charge in [-0.1, -0.05) is 12.1 Å². The molecule has 0 aromatic heterocycles. The van der Waals surface area contributed by atoms with Crippen LogP contribution < -0.4 is 5.32 Å². The molecular weight excluding hydrogens is 289 g/mol. The summed E-state index contributed by atoms with van der Waals surface area (Å²) in [4.78, 5) is 12.1. The van der Waals surface area contributed by atoms with Gasteiger partial charge >= 0.3 is 0 Å². The number of carbonyl (C=O) groups excluding carboxylic acids is 1. The normalized spacial score (nSPS) is 34.9. The van der Waals surface area contributed by atoms with E-state index in [0.29, 0.717) is 5.41 Å². The molecule has 3 heteroatoms. The van der Waals surface area contributed by atoms with Crippen LogP contribution in [-0.4, -0.2) is 12.5 Å². The lowest BCUT2D eigenvalue weighted by atomic mass is 9.49. The first kappa shape index (κ1) is 14.9. The predicted molar refractivity (Wildman–Crippen MR) is 89.0 cm³/mol. The van der Waals surface area contributed by atoms with Crippen LogP contribution in [0, 0.1) is 29.0 Å². The zero-order valence-electron chi connectivity index (χ0n) is 13.4. The minimum atomic E-state index is -0.256. The van der Waals surface area contributed by atoms with Gasteiger partial charge in [0.05, 0.1) is 0 Å². The number of hydrogen-bond acceptors (Lipinski definition) is 1. The Kier molecular flexibility index (Phi) is 3.74. The van der Waals surface area contributed by atoms with Gasteiger partial charge in [0, 0.05) is 12.6 Å². The first-order valence-corrected chi connectivity index (χ1v) is 8.82. The van der Waals surface area contributed by atoms with Crippen LogP contribution in [0.1, 0.15) is 44.1 Å². The van der Waals surface area contributed by atoms with E-state index in [9.17, 15) is 9.18 Å². The molecule has 1 N–H and O–H groups in total. The molecule has 5 rings (SSSR count).